The molecular formula is C90H66BClN10O2. The number of hydrogen-bond donors (Lipinski definition) is 0. The minimum absolute atomic E-state index is 0.330. The molecule has 14 heteroatoms. The summed E-state index contributed by atoms with van der Waals surface area (Å²) >= 11 is 6.55. The summed E-state index contributed by atoms with van der Waals surface area (Å²) in [5.74, 6) is 0. The predicted octanol–water partition coefficient (Wildman–Crippen LogP) is 21.7. The standard InChI is InChI=1S/C42H27N5.C29H19ClN4.C19H20BNO2/c1-43-37-21-17-31(18-22-37)30-13-15-35(16-14-30)40-27-42-41(26-39(40)34-6-3-2-4-7-34)45-47(46-42)38-23-19-32(20-24-38)29-9-11-33(12-10-29)36-8-5-25-44-28-36;30-27-18-29-28(17-26(27)23-5-2-1-3-6-23)32-34(33-29)25-14-12-21(13-15-25)20-8-10-22(11-9-20)24-7-4-16-31-19-24;1-18(2)19(3,4)23-20(22-18)17-11-9-16(10-12-17)15-7-5-14(13-21)6-8-15/h2-28H;1-19H;5-12H,1-4H3. The summed E-state index contributed by atoms with van der Waals surface area (Å²) < 4.78 is 12.1. The maximum atomic E-state index is 8.86. The Kier molecular flexibility index (Phi) is 18.8. The number of pyridine rings is 2. The van der Waals surface area contributed by atoms with Gasteiger partial charge in [-0.2, -0.15) is 14.9 Å². The Morgan fingerprint density at radius 1 is 0.365 bits per heavy atom. The highest BCUT2D eigenvalue weighted by Gasteiger charge is 2.51. The van der Waals surface area contributed by atoms with Gasteiger partial charge in [0.25, 0.3) is 0 Å². The van der Waals surface area contributed by atoms with Crippen LogP contribution in [0.5, 0.6) is 0 Å². The number of rotatable bonds is 12. The van der Waals surface area contributed by atoms with E-state index in [1.165, 1.54) is 0 Å². The first-order valence-electron chi connectivity index (χ1n) is 34.1. The average Bonchev–Trinajstić information content (AvgIpc) is 1.61. The van der Waals surface area contributed by atoms with Crippen LogP contribution in [0.25, 0.3) is 138 Å². The highest BCUT2D eigenvalue weighted by molar-refractivity contribution is 6.62. The minimum atomic E-state index is -0.338. The van der Waals surface area contributed by atoms with Gasteiger partial charge in [0.2, 0.25) is 0 Å². The van der Waals surface area contributed by atoms with Crippen molar-refractivity contribution in [3.05, 3.63) is 350 Å². The molecule has 12 nitrogen and oxygen atoms in total. The SMILES string of the molecule is CC1(C)OB(c2ccc(-c3ccc(C#N)cc3)cc2)OC1(C)C.Clc1cc2nn(-c3ccc(-c4ccc(-c5cccnc5)cc4)cc3)nc2cc1-c1ccccc1.[C-]#[N+]c1ccc(-c2ccc(-c3cc4nn(-c5ccc(-c6ccc(-c7cccnc7)cc6)cc5)nc4cc3-c3ccccc3)cc2)cc1. The molecule has 104 heavy (non-hydrogen) atoms. The molecule has 12 aromatic carbocycles. The highest BCUT2D eigenvalue weighted by atomic mass is 35.5. The number of nitrogens with zero attached hydrogens (tertiary/aromatic N) is 10. The van der Waals surface area contributed by atoms with Crippen LogP contribution in [-0.4, -0.2) is 58.3 Å². The molecule has 0 radical (unpaired) electrons. The lowest BCUT2D eigenvalue weighted by atomic mass is 9.78. The number of fused-ring (bicyclic) bond motifs is 2. The normalized spacial score (nSPS) is 12.7. The third-order valence-electron chi connectivity index (χ3n) is 19.1. The maximum absolute atomic E-state index is 8.86. The third kappa shape index (κ3) is 14.5. The molecule has 0 aliphatic carbocycles. The van der Waals surface area contributed by atoms with Gasteiger partial charge in [-0.3, -0.25) is 9.97 Å². The summed E-state index contributed by atoms with van der Waals surface area (Å²) in [5.41, 5.74) is 26.5. The Balaban J connectivity index is 0.000000134. The fraction of sp³-hybridized carbons (Fsp3) is 0.0667. The summed E-state index contributed by atoms with van der Waals surface area (Å²) in [6.45, 7) is 15.4. The van der Waals surface area contributed by atoms with Crippen LogP contribution in [0.3, 0.4) is 0 Å². The number of benzene rings is 12. The van der Waals surface area contributed by atoms with E-state index < -0.39 is 0 Å². The predicted molar refractivity (Wildman–Crippen MR) is 420 cm³/mol. The van der Waals surface area contributed by atoms with Crippen LogP contribution < -0.4 is 5.46 Å². The molecule has 0 bridgehead atoms. The molecule has 0 atom stereocenters. The van der Waals surface area contributed by atoms with E-state index >= 15 is 0 Å². The summed E-state index contributed by atoms with van der Waals surface area (Å²) in [6, 6.07) is 104. The van der Waals surface area contributed by atoms with E-state index in [9.17, 15) is 0 Å². The van der Waals surface area contributed by atoms with Crippen molar-refractivity contribution in [3.63, 3.8) is 0 Å². The molecule has 0 amide bonds. The number of nitriles is 1. The van der Waals surface area contributed by atoms with E-state index in [-0.39, 0.29) is 18.3 Å². The number of aromatic nitrogens is 8. The zero-order chi connectivity index (χ0) is 71.2. The molecule has 4 aromatic heterocycles. The van der Waals surface area contributed by atoms with Gasteiger partial charge >= 0.3 is 7.12 Å². The second-order valence-electron chi connectivity index (χ2n) is 26.3. The van der Waals surface area contributed by atoms with Crippen LogP contribution in [0.4, 0.5) is 5.69 Å². The minimum Gasteiger partial charge on any atom is -0.399 e. The summed E-state index contributed by atoms with van der Waals surface area (Å²) in [4.78, 5) is 15.3. The van der Waals surface area contributed by atoms with Crippen molar-refractivity contribution in [1.82, 2.24) is 40.0 Å². The summed E-state index contributed by atoms with van der Waals surface area (Å²) in [5, 5.41) is 28.7. The zero-order valence-electron chi connectivity index (χ0n) is 57.4. The van der Waals surface area contributed by atoms with E-state index in [1.807, 2.05) is 146 Å². The lowest BCUT2D eigenvalue weighted by molar-refractivity contribution is 0.00578. The van der Waals surface area contributed by atoms with Gasteiger partial charge in [0.1, 0.15) is 22.1 Å². The molecule has 0 saturated carbocycles. The van der Waals surface area contributed by atoms with Gasteiger partial charge in [-0.25, -0.2) is 4.85 Å². The lowest BCUT2D eigenvalue weighted by Gasteiger charge is -2.32. The first-order valence-corrected chi connectivity index (χ1v) is 34.5. The Morgan fingerprint density at radius 3 is 1.05 bits per heavy atom. The second kappa shape index (κ2) is 29.3. The Labute approximate surface area is 609 Å². The van der Waals surface area contributed by atoms with Gasteiger partial charge in [-0.05, 0) is 201 Å². The Bertz CT molecular complexity index is 5740. The lowest BCUT2D eigenvalue weighted by Crippen LogP contribution is -2.41. The molecule has 17 rings (SSSR count). The first-order chi connectivity index (χ1) is 50.8. The fourth-order valence-electron chi connectivity index (χ4n) is 12.5. The van der Waals surface area contributed by atoms with E-state index in [0.29, 0.717) is 16.3 Å². The quantitative estimate of drug-likeness (QED) is 0.0866. The summed E-state index contributed by atoms with van der Waals surface area (Å²) in [6.07, 6.45) is 7.33. The molecule has 16 aromatic rings. The Morgan fingerprint density at radius 2 is 0.673 bits per heavy atom. The molecule has 5 heterocycles. The molecule has 1 aliphatic rings. The smallest absolute Gasteiger partial charge is 0.399 e. The molecule has 1 aliphatic heterocycles. The van der Waals surface area contributed by atoms with Crippen molar-refractivity contribution in [2.75, 3.05) is 0 Å². The number of halogens is 1. The van der Waals surface area contributed by atoms with E-state index in [1.54, 1.807) is 22.0 Å². The van der Waals surface area contributed by atoms with Gasteiger partial charge in [0.05, 0.1) is 45.8 Å². The van der Waals surface area contributed by atoms with Crippen molar-refractivity contribution in [3.8, 4) is 118 Å². The van der Waals surface area contributed by atoms with Crippen molar-refractivity contribution < 1.29 is 9.31 Å². The van der Waals surface area contributed by atoms with Crippen molar-refractivity contribution in [2.24, 2.45) is 0 Å². The van der Waals surface area contributed by atoms with E-state index in [4.69, 9.17) is 48.0 Å². The van der Waals surface area contributed by atoms with E-state index in [2.05, 4.69) is 224 Å². The molecule has 0 N–H and O–H groups in total. The fourth-order valence-corrected chi connectivity index (χ4v) is 12.8. The monoisotopic (exact) mass is 1360 g/mol. The van der Waals surface area contributed by atoms with Crippen LogP contribution in [0.2, 0.25) is 5.02 Å². The molecule has 1 fully saturated rings. The van der Waals surface area contributed by atoms with Crippen LogP contribution in [-0.2, 0) is 9.31 Å². The van der Waals surface area contributed by atoms with Gasteiger partial charge < -0.3 is 9.31 Å². The van der Waals surface area contributed by atoms with Crippen LogP contribution in [0.1, 0.15) is 33.3 Å². The van der Waals surface area contributed by atoms with Crippen molar-refractivity contribution in [1.29, 1.82) is 5.26 Å². The maximum Gasteiger partial charge on any atom is 0.494 e. The third-order valence-corrected chi connectivity index (χ3v) is 19.4. The van der Waals surface area contributed by atoms with Gasteiger partial charge in [0, 0.05) is 30.4 Å². The summed E-state index contributed by atoms with van der Waals surface area (Å²) in [7, 11) is -0.338. The zero-order valence-corrected chi connectivity index (χ0v) is 58.2. The van der Waals surface area contributed by atoms with Crippen LogP contribution in [0, 0.1) is 17.9 Å². The molecule has 0 unspecified atom stereocenters. The van der Waals surface area contributed by atoms with Gasteiger partial charge in [-0.15, -0.1) is 20.4 Å². The molecule has 0 spiro atoms. The largest absolute Gasteiger partial charge is 0.494 e. The second-order valence-corrected chi connectivity index (χ2v) is 26.7. The van der Waals surface area contributed by atoms with Crippen molar-refractivity contribution >= 4 is 51.9 Å². The molecule has 1 saturated heterocycles. The molecular weight excluding hydrogens is 1300 g/mol. The van der Waals surface area contributed by atoms with E-state index in [0.717, 1.165) is 139 Å². The highest BCUT2D eigenvalue weighted by Crippen LogP contribution is 2.40. The number of hydrogen-bond acceptors (Lipinski definition) is 9. The Hall–Kier alpha value is -13.0. The van der Waals surface area contributed by atoms with Crippen LogP contribution in [0.15, 0.2) is 328 Å². The van der Waals surface area contributed by atoms with Crippen molar-refractivity contribution in [2.45, 2.75) is 38.9 Å². The topological polar surface area (TPSA) is 134 Å². The first kappa shape index (κ1) is 66.9. The van der Waals surface area contributed by atoms with Gasteiger partial charge in [0.15, 0.2) is 5.69 Å². The van der Waals surface area contributed by atoms with Crippen LogP contribution >= 0.6 is 11.6 Å². The van der Waals surface area contributed by atoms with Gasteiger partial charge in [-0.1, -0.05) is 242 Å². The average molecular weight is 1370 g/mol. The molecule has 498 valence electrons.